The summed E-state index contributed by atoms with van der Waals surface area (Å²) >= 11 is 0. The third-order valence-corrected chi connectivity index (χ3v) is 3.88. The highest BCUT2D eigenvalue weighted by Crippen LogP contribution is 2.40. The van der Waals surface area contributed by atoms with Crippen LogP contribution in [0.15, 0.2) is 12.1 Å². The van der Waals surface area contributed by atoms with Crippen LogP contribution in [0, 0.1) is 0 Å². The molecule has 0 fully saturated rings. The maximum atomic E-state index is 10.7. The molecule has 1 aromatic rings. The van der Waals surface area contributed by atoms with Crippen LogP contribution in [-0.2, 0) is 15.6 Å². The fourth-order valence-corrected chi connectivity index (χ4v) is 2.38. The first kappa shape index (κ1) is 19.5. The molecule has 0 aliphatic carbocycles. The number of rotatable bonds is 4. The molecule has 0 saturated carbocycles. The molecule has 2 unspecified atom stereocenters. The number of hydrogen-bond donors (Lipinski definition) is 4. The average Bonchev–Trinajstić information content (AvgIpc) is 2.34. The standard InChI is InChI=1S/C18H28O5/c1-17(2,3)10-7-11(16(23)13(19)9-14(20)21)15(22)12(8-10)18(4,5)6/h7-8,13,16,19,22-23H,9H2,1-6H3,(H,20,21). The minimum Gasteiger partial charge on any atom is -0.507 e. The Balaban J connectivity index is 3.49. The summed E-state index contributed by atoms with van der Waals surface area (Å²) in [6, 6.07) is 3.54. The summed E-state index contributed by atoms with van der Waals surface area (Å²) in [6.45, 7) is 11.9. The Hall–Kier alpha value is -1.59. The van der Waals surface area contributed by atoms with Crippen LogP contribution in [0.1, 0.15) is 70.8 Å². The molecular formula is C18H28O5. The van der Waals surface area contributed by atoms with Crippen molar-refractivity contribution in [3.05, 3.63) is 28.8 Å². The Morgan fingerprint density at radius 1 is 1.04 bits per heavy atom. The normalized spacial score (nSPS) is 15.3. The molecule has 130 valence electrons. The minimum atomic E-state index is -1.48. The third kappa shape index (κ3) is 4.69. The molecular weight excluding hydrogens is 296 g/mol. The van der Waals surface area contributed by atoms with Crippen LogP contribution in [-0.4, -0.2) is 32.5 Å². The molecule has 0 aliphatic rings. The van der Waals surface area contributed by atoms with Crippen LogP contribution in [0.4, 0.5) is 0 Å². The number of carboxylic acid groups (broad SMARTS) is 1. The first-order valence-corrected chi connectivity index (χ1v) is 7.71. The van der Waals surface area contributed by atoms with Gasteiger partial charge in [-0.3, -0.25) is 4.79 Å². The van der Waals surface area contributed by atoms with E-state index in [4.69, 9.17) is 5.11 Å². The number of benzene rings is 1. The van der Waals surface area contributed by atoms with Crippen molar-refractivity contribution < 1.29 is 25.2 Å². The fraction of sp³-hybridized carbons (Fsp3) is 0.611. The van der Waals surface area contributed by atoms with Crippen molar-refractivity contribution in [2.75, 3.05) is 0 Å². The quantitative estimate of drug-likeness (QED) is 0.683. The summed E-state index contributed by atoms with van der Waals surface area (Å²) in [4.78, 5) is 10.7. The Labute approximate surface area is 137 Å². The van der Waals surface area contributed by atoms with E-state index in [-0.39, 0.29) is 22.1 Å². The topological polar surface area (TPSA) is 98.0 Å². The molecule has 0 amide bonds. The molecule has 0 aromatic heterocycles. The summed E-state index contributed by atoms with van der Waals surface area (Å²) in [6.07, 6.45) is -3.54. The summed E-state index contributed by atoms with van der Waals surface area (Å²) in [5.74, 6) is -1.30. The van der Waals surface area contributed by atoms with Crippen molar-refractivity contribution in [2.24, 2.45) is 0 Å². The average molecular weight is 324 g/mol. The monoisotopic (exact) mass is 324 g/mol. The Morgan fingerprint density at radius 3 is 1.96 bits per heavy atom. The van der Waals surface area contributed by atoms with Crippen LogP contribution in [0.3, 0.4) is 0 Å². The minimum absolute atomic E-state index is 0.0950. The van der Waals surface area contributed by atoms with Gasteiger partial charge in [0.1, 0.15) is 11.9 Å². The zero-order chi connectivity index (χ0) is 18.2. The number of carbonyl (C=O) groups is 1. The van der Waals surface area contributed by atoms with Gasteiger partial charge in [0, 0.05) is 5.56 Å². The molecule has 0 heterocycles. The summed E-state index contributed by atoms with van der Waals surface area (Å²) < 4.78 is 0. The molecule has 5 nitrogen and oxygen atoms in total. The van der Waals surface area contributed by atoms with Gasteiger partial charge in [-0.05, 0) is 28.0 Å². The molecule has 0 aliphatic heterocycles. The molecule has 2 atom stereocenters. The van der Waals surface area contributed by atoms with Crippen molar-refractivity contribution >= 4 is 5.97 Å². The lowest BCUT2D eigenvalue weighted by molar-refractivity contribution is -0.141. The van der Waals surface area contributed by atoms with E-state index in [0.717, 1.165) is 5.56 Å². The maximum absolute atomic E-state index is 10.7. The van der Waals surface area contributed by atoms with E-state index in [0.29, 0.717) is 5.56 Å². The van der Waals surface area contributed by atoms with E-state index in [1.165, 1.54) is 0 Å². The summed E-state index contributed by atoms with van der Waals surface area (Å²) in [5.41, 5.74) is 1.13. The van der Waals surface area contributed by atoms with Gasteiger partial charge in [0.2, 0.25) is 0 Å². The molecule has 0 spiro atoms. The largest absolute Gasteiger partial charge is 0.507 e. The zero-order valence-electron chi connectivity index (χ0n) is 14.7. The Morgan fingerprint density at radius 2 is 1.57 bits per heavy atom. The first-order chi connectivity index (χ1) is 10.2. The van der Waals surface area contributed by atoms with Gasteiger partial charge in [0.05, 0.1) is 12.5 Å². The van der Waals surface area contributed by atoms with Crippen molar-refractivity contribution in [1.29, 1.82) is 0 Å². The Kier molecular flexibility index (Phi) is 5.49. The lowest BCUT2D eigenvalue weighted by Crippen LogP contribution is -2.24. The number of aliphatic hydroxyl groups is 2. The van der Waals surface area contributed by atoms with Gasteiger partial charge in [-0.2, -0.15) is 0 Å². The van der Waals surface area contributed by atoms with E-state index < -0.39 is 24.6 Å². The van der Waals surface area contributed by atoms with Crippen LogP contribution in [0.5, 0.6) is 5.75 Å². The van der Waals surface area contributed by atoms with Crippen LogP contribution >= 0.6 is 0 Å². The van der Waals surface area contributed by atoms with Gasteiger partial charge >= 0.3 is 5.97 Å². The van der Waals surface area contributed by atoms with Crippen molar-refractivity contribution in [1.82, 2.24) is 0 Å². The summed E-state index contributed by atoms with van der Waals surface area (Å²) in [5, 5.41) is 39.6. The van der Waals surface area contributed by atoms with E-state index in [1.54, 1.807) is 6.07 Å². The molecule has 0 radical (unpaired) electrons. The second-order valence-corrected chi connectivity index (χ2v) is 8.07. The predicted molar refractivity (Wildman–Crippen MR) is 88.7 cm³/mol. The second kappa shape index (κ2) is 6.49. The van der Waals surface area contributed by atoms with E-state index >= 15 is 0 Å². The maximum Gasteiger partial charge on any atom is 0.306 e. The highest BCUT2D eigenvalue weighted by molar-refractivity contribution is 5.67. The van der Waals surface area contributed by atoms with E-state index in [2.05, 4.69) is 0 Å². The number of carboxylic acids is 1. The predicted octanol–water partition coefficient (Wildman–Crippen LogP) is 2.86. The SMILES string of the molecule is CC(C)(C)c1cc(C(O)C(O)CC(=O)O)c(O)c(C(C)(C)C)c1. The molecule has 1 rings (SSSR count). The first-order valence-electron chi connectivity index (χ1n) is 7.71. The van der Waals surface area contributed by atoms with Crippen LogP contribution < -0.4 is 0 Å². The molecule has 0 bridgehead atoms. The Bertz CT molecular complexity index is 578. The van der Waals surface area contributed by atoms with Crippen molar-refractivity contribution in [2.45, 2.75) is 71.0 Å². The van der Waals surface area contributed by atoms with Gasteiger partial charge in [-0.1, -0.05) is 47.6 Å². The number of hydrogen-bond acceptors (Lipinski definition) is 4. The molecule has 5 heteroatoms. The number of aromatic hydroxyl groups is 1. The smallest absolute Gasteiger partial charge is 0.306 e. The summed E-state index contributed by atoms with van der Waals surface area (Å²) in [7, 11) is 0. The van der Waals surface area contributed by atoms with Crippen molar-refractivity contribution in [3.63, 3.8) is 0 Å². The highest BCUT2D eigenvalue weighted by atomic mass is 16.4. The number of aliphatic hydroxyl groups excluding tert-OH is 2. The molecule has 23 heavy (non-hydrogen) atoms. The number of aliphatic carboxylic acids is 1. The molecule has 4 N–H and O–H groups in total. The highest BCUT2D eigenvalue weighted by Gasteiger charge is 2.30. The van der Waals surface area contributed by atoms with Crippen molar-refractivity contribution in [3.8, 4) is 5.75 Å². The lowest BCUT2D eigenvalue weighted by Gasteiger charge is -2.29. The van der Waals surface area contributed by atoms with Gasteiger partial charge in [0.15, 0.2) is 0 Å². The molecule has 0 saturated heterocycles. The van der Waals surface area contributed by atoms with Gasteiger partial charge in [-0.15, -0.1) is 0 Å². The number of phenolic OH excluding ortho intramolecular Hbond substituents is 1. The molecule has 1 aromatic carbocycles. The zero-order valence-corrected chi connectivity index (χ0v) is 14.7. The second-order valence-electron chi connectivity index (χ2n) is 8.07. The van der Waals surface area contributed by atoms with E-state index in [1.807, 2.05) is 47.6 Å². The van der Waals surface area contributed by atoms with Gasteiger partial charge in [-0.25, -0.2) is 0 Å². The fourth-order valence-electron chi connectivity index (χ4n) is 2.38. The lowest BCUT2D eigenvalue weighted by atomic mass is 9.78. The van der Waals surface area contributed by atoms with Crippen LogP contribution in [0.2, 0.25) is 0 Å². The van der Waals surface area contributed by atoms with Gasteiger partial charge in [0.25, 0.3) is 0 Å². The third-order valence-electron chi connectivity index (χ3n) is 3.88. The van der Waals surface area contributed by atoms with E-state index in [9.17, 15) is 20.1 Å². The van der Waals surface area contributed by atoms with Crippen LogP contribution in [0.25, 0.3) is 0 Å². The van der Waals surface area contributed by atoms with Gasteiger partial charge < -0.3 is 20.4 Å². The number of phenols is 1.